The molecule has 0 saturated carbocycles. The van der Waals surface area contributed by atoms with Crippen LogP contribution in [0.5, 0.6) is 0 Å². The van der Waals surface area contributed by atoms with E-state index in [-0.39, 0.29) is 11.3 Å². The summed E-state index contributed by atoms with van der Waals surface area (Å²) in [5.74, 6) is -0.571. The van der Waals surface area contributed by atoms with Gasteiger partial charge in [0.05, 0.1) is 18.2 Å². The monoisotopic (exact) mass is 297 g/mol. The third-order valence-corrected chi connectivity index (χ3v) is 2.80. The summed E-state index contributed by atoms with van der Waals surface area (Å²) in [6, 6.07) is 7.04. The van der Waals surface area contributed by atoms with Gasteiger partial charge in [0.2, 0.25) is 0 Å². The van der Waals surface area contributed by atoms with E-state index in [4.69, 9.17) is 0 Å². The van der Waals surface area contributed by atoms with Gasteiger partial charge in [0.1, 0.15) is 0 Å². The molecule has 1 aromatic heterocycles. The number of halogens is 3. The maximum Gasteiger partial charge on any atom is 0.417 e. The smallest absolute Gasteiger partial charge is 0.417 e. The lowest BCUT2D eigenvalue weighted by Gasteiger charge is -2.11. The molecule has 1 aromatic carbocycles. The van der Waals surface area contributed by atoms with Gasteiger partial charge in [-0.05, 0) is 30.3 Å². The van der Waals surface area contributed by atoms with Crippen molar-refractivity contribution in [3.05, 3.63) is 64.1 Å². The second kappa shape index (κ2) is 5.43. The Morgan fingerprint density at radius 1 is 1.10 bits per heavy atom. The molecule has 0 aliphatic carbocycles. The van der Waals surface area contributed by atoms with Crippen molar-refractivity contribution in [2.75, 3.05) is 7.11 Å². The fourth-order valence-electron chi connectivity index (χ4n) is 1.73. The number of alkyl halides is 3. The third kappa shape index (κ3) is 3.13. The summed E-state index contributed by atoms with van der Waals surface area (Å²) in [4.78, 5) is 23.0. The molecular weight excluding hydrogens is 287 g/mol. The summed E-state index contributed by atoms with van der Waals surface area (Å²) in [6.07, 6.45) is -3.82. The average Bonchev–Trinajstić information content (AvgIpc) is 2.46. The quantitative estimate of drug-likeness (QED) is 0.801. The lowest BCUT2D eigenvalue weighted by atomic mass is 10.2. The van der Waals surface area contributed by atoms with Crippen LogP contribution in [0.2, 0.25) is 0 Å². The highest BCUT2D eigenvalue weighted by Crippen LogP contribution is 2.28. The Kier molecular flexibility index (Phi) is 3.84. The van der Waals surface area contributed by atoms with E-state index in [1.165, 1.54) is 31.4 Å². The van der Waals surface area contributed by atoms with Gasteiger partial charge >= 0.3 is 12.1 Å². The zero-order valence-electron chi connectivity index (χ0n) is 10.8. The number of nitrogens with zero attached hydrogens (tertiary/aromatic N) is 1. The number of esters is 1. The average molecular weight is 297 g/mol. The number of hydrogen-bond acceptors (Lipinski definition) is 3. The van der Waals surface area contributed by atoms with Gasteiger partial charge < -0.3 is 4.74 Å². The Balaban J connectivity index is 2.47. The second-order valence-electron chi connectivity index (χ2n) is 4.16. The van der Waals surface area contributed by atoms with E-state index in [0.717, 1.165) is 22.9 Å². The molecule has 0 aliphatic rings. The molecule has 110 valence electrons. The lowest BCUT2D eigenvalue weighted by molar-refractivity contribution is -0.138. The van der Waals surface area contributed by atoms with Crippen molar-refractivity contribution in [2.45, 2.75) is 6.18 Å². The predicted molar refractivity (Wildman–Crippen MR) is 68.4 cm³/mol. The zero-order chi connectivity index (χ0) is 15.6. The number of carbonyl (C=O) groups excluding carboxylic acids is 1. The molecule has 0 atom stereocenters. The van der Waals surface area contributed by atoms with Crippen molar-refractivity contribution in [1.29, 1.82) is 0 Å². The van der Waals surface area contributed by atoms with Crippen LogP contribution in [0.1, 0.15) is 15.9 Å². The fraction of sp³-hybridized carbons (Fsp3) is 0.143. The molecule has 21 heavy (non-hydrogen) atoms. The Labute approximate surface area is 117 Å². The van der Waals surface area contributed by atoms with Gasteiger partial charge in [0.15, 0.2) is 0 Å². The molecule has 1 heterocycles. The van der Waals surface area contributed by atoms with Crippen molar-refractivity contribution in [3.63, 3.8) is 0 Å². The summed E-state index contributed by atoms with van der Waals surface area (Å²) in [6.45, 7) is 0. The number of ether oxygens (including phenoxy) is 1. The minimum absolute atomic E-state index is 0.221. The number of methoxy groups -OCH3 is 1. The number of aromatic nitrogens is 1. The number of carbonyl (C=O) groups is 1. The maximum atomic E-state index is 12.7. The van der Waals surface area contributed by atoms with Gasteiger partial charge in [-0.3, -0.25) is 9.36 Å². The topological polar surface area (TPSA) is 48.3 Å². The fourth-order valence-corrected chi connectivity index (χ4v) is 1.73. The first-order valence-electron chi connectivity index (χ1n) is 5.81. The second-order valence-corrected chi connectivity index (χ2v) is 4.16. The summed E-state index contributed by atoms with van der Waals surface area (Å²) in [5.41, 5.74) is -1.08. The van der Waals surface area contributed by atoms with Gasteiger partial charge in [-0.1, -0.05) is 0 Å². The molecule has 0 saturated heterocycles. The van der Waals surface area contributed by atoms with Crippen molar-refractivity contribution < 1.29 is 22.7 Å². The minimum Gasteiger partial charge on any atom is -0.465 e. The van der Waals surface area contributed by atoms with E-state index >= 15 is 0 Å². The van der Waals surface area contributed by atoms with Crippen LogP contribution < -0.4 is 5.56 Å². The molecule has 0 amide bonds. The van der Waals surface area contributed by atoms with Crippen LogP contribution in [0.4, 0.5) is 13.2 Å². The summed E-state index contributed by atoms with van der Waals surface area (Å²) in [5, 5.41) is 0. The number of hydrogen-bond donors (Lipinski definition) is 0. The molecule has 0 N–H and O–H groups in total. The summed E-state index contributed by atoms with van der Waals surface area (Å²) in [7, 11) is 1.22. The van der Waals surface area contributed by atoms with Crippen LogP contribution in [-0.4, -0.2) is 17.6 Å². The molecule has 4 nitrogen and oxygen atoms in total. The standard InChI is InChI=1S/C14H10F3NO3/c1-21-13(20)9-2-5-11(6-3-9)18-8-10(14(15,16)17)4-7-12(18)19/h2-8H,1H3. The lowest BCUT2D eigenvalue weighted by Crippen LogP contribution is -2.19. The van der Waals surface area contributed by atoms with Gasteiger partial charge in [-0.2, -0.15) is 13.2 Å². The van der Waals surface area contributed by atoms with Gasteiger partial charge in [0.25, 0.3) is 5.56 Å². The van der Waals surface area contributed by atoms with E-state index in [1.54, 1.807) is 0 Å². The first-order chi connectivity index (χ1) is 9.82. The third-order valence-electron chi connectivity index (χ3n) is 2.80. The van der Waals surface area contributed by atoms with E-state index in [2.05, 4.69) is 4.74 Å². The van der Waals surface area contributed by atoms with Gasteiger partial charge in [-0.25, -0.2) is 4.79 Å². The molecule has 0 radical (unpaired) electrons. The van der Waals surface area contributed by atoms with Crippen LogP contribution in [0.15, 0.2) is 47.4 Å². The first kappa shape index (κ1) is 14.8. The zero-order valence-corrected chi connectivity index (χ0v) is 10.8. The summed E-state index contributed by atoms with van der Waals surface area (Å²) >= 11 is 0. The molecule has 0 aliphatic heterocycles. The Bertz CT molecular complexity index is 717. The molecule has 2 rings (SSSR count). The highest BCUT2D eigenvalue weighted by atomic mass is 19.4. The first-order valence-corrected chi connectivity index (χ1v) is 5.81. The number of rotatable bonds is 2. The number of pyridine rings is 1. The summed E-state index contributed by atoms with van der Waals surface area (Å²) < 4.78 is 43.3. The van der Waals surface area contributed by atoms with Crippen molar-refractivity contribution in [3.8, 4) is 5.69 Å². The van der Waals surface area contributed by atoms with Gasteiger partial charge in [0, 0.05) is 18.0 Å². The molecule has 2 aromatic rings. The normalized spacial score (nSPS) is 11.2. The van der Waals surface area contributed by atoms with Crippen LogP contribution in [0.3, 0.4) is 0 Å². The molecule has 0 unspecified atom stereocenters. The molecule has 0 bridgehead atoms. The van der Waals surface area contributed by atoms with E-state index in [0.29, 0.717) is 0 Å². The van der Waals surface area contributed by atoms with E-state index < -0.39 is 23.3 Å². The highest BCUT2D eigenvalue weighted by molar-refractivity contribution is 5.89. The highest BCUT2D eigenvalue weighted by Gasteiger charge is 2.31. The van der Waals surface area contributed by atoms with Crippen LogP contribution in [-0.2, 0) is 10.9 Å². The molecule has 7 heteroatoms. The Hall–Kier alpha value is -2.57. The Morgan fingerprint density at radius 2 is 1.71 bits per heavy atom. The SMILES string of the molecule is COC(=O)c1ccc(-n2cc(C(F)(F)F)ccc2=O)cc1. The molecule has 0 fully saturated rings. The number of benzene rings is 1. The van der Waals surface area contributed by atoms with Crippen LogP contribution >= 0.6 is 0 Å². The minimum atomic E-state index is -4.54. The molecule has 0 spiro atoms. The van der Waals surface area contributed by atoms with Crippen molar-refractivity contribution >= 4 is 5.97 Å². The maximum absolute atomic E-state index is 12.7. The van der Waals surface area contributed by atoms with Crippen molar-refractivity contribution in [1.82, 2.24) is 4.57 Å². The van der Waals surface area contributed by atoms with E-state index in [1.807, 2.05) is 0 Å². The predicted octanol–water partition coefficient (Wildman–Crippen LogP) is 2.64. The van der Waals surface area contributed by atoms with Gasteiger partial charge in [-0.15, -0.1) is 0 Å². The largest absolute Gasteiger partial charge is 0.465 e. The van der Waals surface area contributed by atoms with Crippen LogP contribution in [0, 0.1) is 0 Å². The van der Waals surface area contributed by atoms with Crippen LogP contribution in [0.25, 0.3) is 5.69 Å². The molecular formula is C14H10F3NO3. The Morgan fingerprint density at radius 3 is 2.24 bits per heavy atom. The van der Waals surface area contributed by atoms with Crippen molar-refractivity contribution in [2.24, 2.45) is 0 Å². The van der Waals surface area contributed by atoms with E-state index in [9.17, 15) is 22.8 Å².